The molecule has 2 rings (SSSR count). The molecule has 2 aromatic rings. The molecule has 0 saturated heterocycles. The molecule has 1 N–H and O–H groups in total. The molecule has 6 heteroatoms. The van der Waals surface area contributed by atoms with Gasteiger partial charge in [-0.2, -0.15) is 0 Å². The molecule has 134 valence electrons. The van der Waals surface area contributed by atoms with Crippen LogP contribution in [0.3, 0.4) is 0 Å². The first-order valence-electron chi connectivity index (χ1n) is 8.11. The summed E-state index contributed by atoms with van der Waals surface area (Å²) in [6.07, 6.45) is 3.12. The summed E-state index contributed by atoms with van der Waals surface area (Å²) in [5.41, 5.74) is 0.947. The van der Waals surface area contributed by atoms with Crippen molar-refractivity contribution in [2.24, 2.45) is 5.41 Å². The maximum atomic E-state index is 13.1. The van der Waals surface area contributed by atoms with Crippen molar-refractivity contribution in [3.63, 3.8) is 0 Å². The van der Waals surface area contributed by atoms with E-state index in [4.69, 9.17) is 0 Å². The summed E-state index contributed by atoms with van der Waals surface area (Å²) in [5.74, 6) is -0.194. The van der Waals surface area contributed by atoms with E-state index in [1.54, 1.807) is 63.4 Å². The van der Waals surface area contributed by atoms with E-state index < -0.39 is 20.5 Å². The van der Waals surface area contributed by atoms with Crippen LogP contribution in [0.2, 0.25) is 0 Å². The van der Waals surface area contributed by atoms with Gasteiger partial charge in [0.15, 0.2) is 9.84 Å². The van der Waals surface area contributed by atoms with Crippen molar-refractivity contribution in [1.82, 2.24) is 10.3 Å². The number of hydrogen-bond donors (Lipinski definition) is 1. The van der Waals surface area contributed by atoms with E-state index in [1.165, 1.54) is 6.20 Å². The average Bonchev–Trinajstić information content (AvgIpc) is 2.55. The Hall–Kier alpha value is -2.21. The zero-order chi connectivity index (χ0) is 18.7. The predicted molar refractivity (Wildman–Crippen MR) is 97.8 cm³/mol. The SMILES string of the molecule is Cc1ccc(S(=O)(=O)C(CNC(=O)C(C)(C)C)c2cccnc2)cc1. The smallest absolute Gasteiger partial charge is 0.225 e. The number of amides is 1. The zero-order valence-electron chi connectivity index (χ0n) is 15.0. The highest BCUT2D eigenvalue weighted by Gasteiger charge is 2.31. The number of rotatable bonds is 5. The Morgan fingerprint density at radius 2 is 1.80 bits per heavy atom. The van der Waals surface area contributed by atoms with Gasteiger partial charge >= 0.3 is 0 Å². The van der Waals surface area contributed by atoms with Gasteiger partial charge in [0.1, 0.15) is 5.25 Å². The van der Waals surface area contributed by atoms with Crippen LogP contribution in [0, 0.1) is 12.3 Å². The molecule has 5 nitrogen and oxygen atoms in total. The number of carbonyl (C=O) groups is 1. The third-order valence-electron chi connectivity index (χ3n) is 3.91. The minimum absolute atomic E-state index is 0.00198. The molecule has 1 unspecified atom stereocenters. The van der Waals surface area contributed by atoms with Crippen LogP contribution >= 0.6 is 0 Å². The summed E-state index contributed by atoms with van der Waals surface area (Å²) in [6, 6.07) is 10.1. The molecule has 1 aromatic heterocycles. The summed E-state index contributed by atoms with van der Waals surface area (Å²) < 4.78 is 26.3. The van der Waals surface area contributed by atoms with Crippen molar-refractivity contribution < 1.29 is 13.2 Å². The topological polar surface area (TPSA) is 76.1 Å². The first kappa shape index (κ1) is 19.1. The van der Waals surface area contributed by atoms with Gasteiger partial charge in [0.2, 0.25) is 5.91 Å². The quantitative estimate of drug-likeness (QED) is 0.889. The first-order chi connectivity index (χ1) is 11.6. The molecule has 25 heavy (non-hydrogen) atoms. The third-order valence-corrected chi connectivity index (χ3v) is 6.03. The maximum Gasteiger partial charge on any atom is 0.225 e. The second kappa shape index (κ2) is 7.35. The second-order valence-electron chi connectivity index (χ2n) is 7.09. The zero-order valence-corrected chi connectivity index (χ0v) is 15.8. The molecule has 1 heterocycles. The monoisotopic (exact) mass is 360 g/mol. The van der Waals surface area contributed by atoms with Gasteiger partial charge in [-0.1, -0.05) is 44.5 Å². The molecule has 0 aliphatic rings. The minimum Gasteiger partial charge on any atom is -0.354 e. The lowest BCUT2D eigenvalue weighted by atomic mass is 9.95. The predicted octanol–water partition coefficient (Wildman–Crippen LogP) is 3.07. The van der Waals surface area contributed by atoms with E-state index in [9.17, 15) is 13.2 Å². The lowest BCUT2D eigenvalue weighted by Gasteiger charge is -2.22. The normalized spacial score (nSPS) is 13.3. The third kappa shape index (κ3) is 4.66. The maximum absolute atomic E-state index is 13.1. The van der Waals surface area contributed by atoms with Crippen LogP contribution in [0.5, 0.6) is 0 Å². The van der Waals surface area contributed by atoms with Crippen molar-refractivity contribution in [3.8, 4) is 0 Å². The van der Waals surface area contributed by atoms with Crippen LogP contribution in [0.4, 0.5) is 0 Å². The van der Waals surface area contributed by atoms with Crippen molar-refractivity contribution in [3.05, 3.63) is 59.9 Å². The van der Waals surface area contributed by atoms with Crippen molar-refractivity contribution in [2.75, 3.05) is 6.54 Å². The Morgan fingerprint density at radius 3 is 2.32 bits per heavy atom. The first-order valence-corrected chi connectivity index (χ1v) is 9.66. The molecular formula is C19H24N2O3S. The fourth-order valence-electron chi connectivity index (χ4n) is 2.32. The highest BCUT2D eigenvalue weighted by molar-refractivity contribution is 7.91. The van der Waals surface area contributed by atoms with E-state index in [0.29, 0.717) is 5.56 Å². The Bertz CT molecular complexity index is 823. The van der Waals surface area contributed by atoms with Crippen molar-refractivity contribution >= 4 is 15.7 Å². The minimum atomic E-state index is -3.67. The van der Waals surface area contributed by atoms with Gasteiger partial charge in [0.05, 0.1) is 4.90 Å². The number of pyridine rings is 1. The van der Waals surface area contributed by atoms with Crippen molar-refractivity contribution in [1.29, 1.82) is 0 Å². The number of carbonyl (C=O) groups excluding carboxylic acids is 1. The largest absolute Gasteiger partial charge is 0.354 e. The Labute approximate surface area is 149 Å². The molecule has 1 amide bonds. The standard InChI is InChI=1S/C19H24N2O3S/c1-14-7-9-16(10-8-14)25(23,24)17(15-6-5-11-20-12-15)13-21-18(22)19(2,3)4/h5-12,17H,13H2,1-4H3,(H,21,22). The molecule has 1 atom stereocenters. The average molecular weight is 360 g/mol. The Kier molecular flexibility index (Phi) is 5.62. The van der Waals surface area contributed by atoms with Gasteiger partial charge in [-0.3, -0.25) is 9.78 Å². The van der Waals surface area contributed by atoms with E-state index in [1.807, 2.05) is 6.92 Å². The van der Waals surface area contributed by atoms with Crippen LogP contribution in [0.15, 0.2) is 53.7 Å². The summed E-state index contributed by atoms with van der Waals surface area (Å²) in [6.45, 7) is 7.26. The van der Waals surface area contributed by atoms with Gasteiger partial charge in [-0.15, -0.1) is 0 Å². The van der Waals surface area contributed by atoms with Crippen LogP contribution in [-0.4, -0.2) is 25.9 Å². The molecular weight excluding hydrogens is 336 g/mol. The van der Waals surface area contributed by atoms with Gasteiger partial charge in [0.25, 0.3) is 0 Å². The highest BCUT2D eigenvalue weighted by Crippen LogP contribution is 2.28. The number of nitrogens with zero attached hydrogens (tertiary/aromatic N) is 1. The summed E-state index contributed by atoms with van der Waals surface area (Å²) in [4.78, 5) is 16.4. The summed E-state index contributed by atoms with van der Waals surface area (Å²) >= 11 is 0. The fraction of sp³-hybridized carbons (Fsp3) is 0.368. The molecule has 0 fully saturated rings. The van der Waals surface area contributed by atoms with Crippen LogP contribution in [0.25, 0.3) is 0 Å². The Balaban J connectivity index is 2.38. The number of aryl methyl sites for hydroxylation is 1. The number of benzene rings is 1. The van der Waals surface area contributed by atoms with Crippen LogP contribution in [-0.2, 0) is 14.6 Å². The van der Waals surface area contributed by atoms with Crippen LogP contribution < -0.4 is 5.32 Å². The fourth-order valence-corrected chi connectivity index (χ4v) is 3.96. The number of sulfone groups is 1. The van der Waals surface area contributed by atoms with Gasteiger partial charge in [-0.05, 0) is 30.7 Å². The summed E-state index contributed by atoms with van der Waals surface area (Å²) in [7, 11) is -3.67. The molecule has 0 aliphatic carbocycles. The molecule has 1 aromatic carbocycles. The molecule has 0 bridgehead atoms. The molecule has 0 saturated carbocycles. The number of nitrogens with one attached hydrogen (secondary N) is 1. The van der Waals surface area contributed by atoms with Crippen molar-refractivity contribution in [2.45, 2.75) is 37.8 Å². The van der Waals surface area contributed by atoms with Gasteiger partial charge in [-0.25, -0.2) is 8.42 Å². The lowest BCUT2D eigenvalue weighted by molar-refractivity contribution is -0.128. The van der Waals surface area contributed by atoms with Gasteiger partial charge in [0, 0.05) is 24.4 Å². The molecule has 0 radical (unpaired) electrons. The summed E-state index contributed by atoms with van der Waals surface area (Å²) in [5, 5.41) is 1.87. The van der Waals surface area contributed by atoms with Crippen LogP contribution in [0.1, 0.15) is 37.1 Å². The van der Waals surface area contributed by atoms with E-state index in [0.717, 1.165) is 5.56 Å². The lowest BCUT2D eigenvalue weighted by Crippen LogP contribution is -2.38. The highest BCUT2D eigenvalue weighted by atomic mass is 32.2. The number of hydrogen-bond acceptors (Lipinski definition) is 4. The van der Waals surface area contributed by atoms with Gasteiger partial charge < -0.3 is 5.32 Å². The van der Waals surface area contributed by atoms with E-state index in [2.05, 4.69) is 10.3 Å². The van der Waals surface area contributed by atoms with E-state index >= 15 is 0 Å². The second-order valence-corrected chi connectivity index (χ2v) is 9.22. The number of aromatic nitrogens is 1. The Morgan fingerprint density at radius 1 is 1.16 bits per heavy atom. The molecule has 0 aliphatic heterocycles. The molecule has 0 spiro atoms. The van der Waals surface area contributed by atoms with E-state index in [-0.39, 0.29) is 17.3 Å².